The third-order valence-corrected chi connectivity index (χ3v) is 2.57. The summed E-state index contributed by atoms with van der Waals surface area (Å²) in [7, 11) is 0. The molecule has 0 aromatic heterocycles. The molecule has 2 atom stereocenters. The summed E-state index contributed by atoms with van der Waals surface area (Å²) in [6.07, 6.45) is 0.249. The van der Waals surface area contributed by atoms with Crippen molar-refractivity contribution >= 4 is 5.97 Å². The van der Waals surface area contributed by atoms with E-state index in [1.807, 2.05) is 20.8 Å². The molecule has 0 aromatic rings. The number of carbonyl (C=O) groups is 1. The first-order valence-electron chi connectivity index (χ1n) is 4.75. The van der Waals surface area contributed by atoms with Crippen LogP contribution in [0.3, 0.4) is 0 Å². The second-order valence-electron chi connectivity index (χ2n) is 4.68. The Bertz CT molecular complexity index is 188. The molecule has 0 amide bonds. The predicted molar refractivity (Wildman–Crippen MR) is 50.2 cm³/mol. The smallest absolute Gasteiger partial charge is 0.550 e. The van der Waals surface area contributed by atoms with E-state index in [9.17, 15) is 9.90 Å². The molecular weight excluding hydrogens is 207 g/mol. The Morgan fingerprint density at radius 1 is 1.27 bits per heavy atom. The van der Waals surface area contributed by atoms with Crippen LogP contribution in [0.25, 0.3) is 0 Å². The zero-order valence-electron chi connectivity index (χ0n) is 9.99. The second-order valence-corrected chi connectivity index (χ2v) is 4.68. The molecule has 5 heteroatoms. The summed E-state index contributed by atoms with van der Waals surface area (Å²) in [4.78, 5) is 10.6. The largest absolute Gasteiger partial charge is 1.00 e. The van der Waals surface area contributed by atoms with Gasteiger partial charge in [0.2, 0.25) is 0 Å². The second kappa shape index (κ2) is 7.63. The van der Waals surface area contributed by atoms with Crippen molar-refractivity contribution in [1.29, 1.82) is 0 Å². The molecule has 0 aliphatic carbocycles. The third kappa shape index (κ3) is 6.53. The van der Waals surface area contributed by atoms with Crippen LogP contribution in [-0.2, 0) is 4.79 Å². The quantitative estimate of drug-likeness (QED) is 0.475. The molecule has 2 unspecified atom stereocenters. The Morgan fingerprint density at radius 3 is 1.93 bits per heavy atom. The number of hydrogen-bond donors (Lipinski definition) is 2. The van der Waals surface area contributed by atoms with E-state index in [4.69, 9.17) is 10.2 Å². The maximum atomic E-state index is 10.6. The molecule has 0 saturated heterocycles. The van der Waals surface area contributed by atoms with Gasteiger partial charge >= 0.3 is 29.6 Å². The van der Waals surface area contributed by atoms with E-state index in [0.29, 0.717) is 0 Å². The first-order chi connectivity index (χ1) is 6.32. The normalized spacial score (nSPS) is 15.3. The van der Waals surface area contributed by atoms with E-state index in [-0.39, 0.29) is 53.9 Å². The molecule has 2 N–H and O–H groups in total. The van der Waals surface area contributed by atoms with Gasteiger partial charge in [-0.3, -0.25) is 0 Å². The fourth-order valence-corrected chi connectivity index (χ4v) is 1.29. The monoisotopic (exact) mass is 226 g/mol. The number of aliphatic carboxylic acids is 1. The number of hydrogen-bond acceptors (Lipinski definition) is 4. The molecule has 4 nitrogen and oxygen atoms in total. The molecule has 0 radical (unpaired) electrons. The maximum absolute atomic E-state index is 10.6. The summed E-state index contributed by atoms with van der Waals surface area (Å²) in [5, 5.41) is 28.5. The molecule has 0 heterocycles. The van der Waals surface area contributed by atoms with Crippen LogP contribution in [0.4, 0.5) is 0 Å². The summed E-state index contributed by atoms with van der Waals surface area (Å²) in [5.74, 6) is -2.28. The first kappa shape index (κ1) is 17.8. The molecule has 0 spiro atoms. The molecular formula is C10H19NaO4. The van der Waals surface area contributed by atoms with Gasteiger partial charge in [0.15, 0.2) is 0 Å². The van der Waals surface area contributed by atoms with E-state index in [1.54, 1.807) is 0 Å². The van der Waals surface area contributed by atoms with Gasteiger partial charge in [-0.05, 0) is 17.8 Å². The topological polar surface area (TPSA) is 80.6 Å². The van der Waals surface area contributed by atoms with Crippen molar-refractivity contribution in [3.05, 3.63) is 0 Å². The van der Waals surface area contributed by atoms with E-state index in [2.05, 4.69) is 0 Å². The van der Waals surface area contributed by atoms with Crippen LogP contribution in [0.5, 0.6) is 0 Å². The van der Waals surface area contributed by atoms with Gasteiger partial charge in [-0.2, -0.15) is 0 Å². The minimum Gasteiger partial charge on any atom is -0.550 e. The van der Waals surface area contributed by atoms with Gasteiger partial charge in [-0.15, -0.1) is 0 Å². The zero-order chi connectivity index (χ0) is 11.4. The van der Waals surface area contributed by atoms with Crippen LogP contribution in [0.2, 0.25) is 0 Å². The van der Waals surface area contributed by atoms with Crippen LogP contribution in [0.15, 0.2) is 0 Å². The number of aliphatic hydroxyl groups is 2. The van der Waals surface area contributed by atoms with Crippen molar-refractivity contribution in [2.24, 2.45) is 17.3 Å². The Hall–Kier alpha value is 0.390. The molecule has 0 aliphatic heterocycles. The molecule has 0 aliphatic rings. The van der Waals surface area contributed by atoms with E-state index in [0.717, 1.165) is 0 Å². The molecule has 0 bridgehead atoms. The summed E-state index contributed by atoms with van der Waals surface area (Å²) < 4.78 is 0. The Balaban J connectivity index is 0. The summed E-state index contributed by atoms with van der Waals surface area (Å²) in [6.45, 7) is 5.27. The van der Waals surface area contributed by atoms with Gasteiger partial charge in [0, 0.05) is 18.5 Å². The van der Waals surface area contributed by atoms with Crippen LogP contribution >= 0.6 is 0 Å². The minimum atomic E-state index is -1.25. The minimum absolute atomic E-state index is 0. The maximum Gasteiger partial charge on any atom is 1.00 e. The number of carboxylic acid groups (broad SMARTS) is 1. The molecule has 0 aromatic carbocycles. The van der Waals surface area contributed by atoms with Crippen LogP contribution in [0, 0.1) is 17.3 Å². The van der Waals surface area contributed by atoms with Crippen LogP contribution in [0.1, 0.15) is 27.2 Å². The van der Waals surface area contributed by atoms with Crippen molar-refractivity contribution in [2.45, 2.75) is 27.2 Å². The van der Waals surface area contributed by atoms with Crippen molar-refractivity contribution in [1.82, 2.24) is 0 Å². The van der Waals surface area contributed by atoms with Gasteiger partial charge < -0.3 is 20.1 Å². The Labute approximate surface area is 113 Å². The van der Waals surface area contributed by atoms with Crippen LogP contribution < -0.4 is 34.7 Å². The zero-order valence-corrected chi connectivity index (χ0v) is 12.0. The third-order valence-electron chi connectivity index (χ3n) is 2.57. The molecule has 0 fully saturated rings. The fourth-order valence-electron chi connectivity index (χ4n) is 1.29. The average molecular weight is 226 g/mol. The summed E-state index contributed by atoms with van der Waals surface area (Å²) in [5.41, 5.74) is -0.169. The van der Waals surface area contributed by atoms with Crippen LogP contribution in [-0.4, -0.2) is 29.4 Å². The predicted octanol–water partition coefficient (Wildman–Crippen LogP) is -3.61. The Kier molecular flexibility index (Phi) is 9.04. The van der Waals surface area contributed by atoms with Gasteiger partial charge in [0.1, 0.15) is 0 Å². The summed E-state index contributed by atoms with van der Waals surface area (Å²) in [6, 6.07) is 0. The standard InChI is InChI=1S/C10H20O4.Na/c1-10(2,3)8(6-12)4-7(5-11)9(13)14;/h7-8,11-12H,4-6H2,1-3H3,(H,13,14);/q;+1/p-1. The average Bonchev–Trinajstić information content (AvgIpc) is 2.03. The van der Waals surface area contributed by atoms with E-state index in [1.165, 1.54) is 0 Å². The van der Waals surface area contributed by atoms with Crippen molar-refractivity contribution in [3.8, 4) is 0 Å². The van der Waals surface area contributed by atoms with E-state index >= 15 is 0 Å². The van der Waals surface area contributed by atoms with Gasteiger partial charge in [0.25, 0.3) is 0 Å². The summed E-state index contributed by atoms with van der Waals surface area (Å²) >= 11 is 0. The van der Waals surface area contributed by atoms with Crippen molar-refractivity contribution in [3.63, 3.8) is 0 Å². The van der Waals surface area contributed by atoms with E-state index < -0.39 is 18.5 Å². The number of aliphatic hydroxyl groups excluding tert-OH is 2. The van der Waals surface area contributed by atoms with Crippen molar-refractivity contribution in [2.75, 3.05) is 13.2 Å². The van der Waals surface area contributed by atoms with Gasteiger partial charge in [-0.25, -0.2) is 0 Å². The van der Waals surface area contributed by atoms with Crippen molar-refractivity contribution < 1.29 is 49.7 Å². The molecule has 0 saturated carbocycles. The Morgan fingerprint density at radius 2 is 1.73 bits per heavy atom. The fraction of sp³-hybridized carbons (Fsp3) is 0.900. The molecule has 15 heavy (non-hydrogen) atoms. The first-order valence-corrected chi connectivity index (χ1v) is 4.75. The number of carboxylic acids is 1. The molecule has 0 rings (SSSR count). The van der Waals surface area contributed by atoms with Gasteiger partial charge in [-0.1, -0.05) is 20.8 Å². The number of rotatable bonds is 5. The van der Waals surface area contributed by atoms with Gasteiger partial charge in [0.05, 0.1) is 6.61 Å². The SMILES string of the molecule is CC(C)(C)C(CO)CC(CO)C(=O)[O-].[Na+]. The number of carbonyl (C=O) groups excluding carboxylic acids is 1. The molecule has 84 valence electrons.